The first-order chi connectivity index (χ1) is 6.15. The number of aryl methyl sites for hydroxylation is 1. The Morgan fingerprint density at radius 1 is 1.46 bits per heavy atom. The van der Waals surface area contributed by atoms with Gasteiger partial charge in [-0.1, -0.05) is 12.1 Å². The second kappa shape index (κ2) is 4.25. The SMILES string of the molecule is Cc1cccc(N)c1CC(O)CO. The molecular weight excluding hydrogens is 166 g/mol. The average Bonchev–Trinajstić information content (AvgIpc) is 2.11. The van der Waals surface area contributed by atoms with Gasteiger partial charge in [-0.3, -0.25) is 0 Å². The highest BCUT2D eigenvalue weighted by molar-refractivity contribution is 5.50. The lowest BCUT2D eigenvalue weighted by atomic mass is 10.0. The van der Waals surface area contributed by atoms with Gasteiger partial charge >= 0.3 is 0 Å². The monoisotopic (exact) mass is 181 g/mol. The Morgan fingerprint density at radius 3 is 2.69 bits per heavy atom. The van der Waals surface area contributed by atoms with Crippen LogP contribution >= 0.6 is 0 Å². The first-order valence-corrected chi connectivity index (χ1v) is 4.28. The molecule has 0 aliphatic carbocycles. The molecule has 1 atom stereocenters. The maximum Gasteiger partial charge on any atom is 0.0812 e. The van der Waals surface area contributed by atoms with Gasteiger partial charge in [0.25, 0.3) is 0 Å². The number of aliphatic hydroxyl groups is 2. The normalized spacial score (nSPS) is 12.8. The second-order valence-corrected chi connectivity index (χ2v) is 3.18. The van der Waals surface area contributed by atoms with Crippen LogP contribution < -0.4 is 5.73 Å². The van der Waals surface area contributed by atoms with E-state index < -0.39 is 6.10 Å². The van der Waals surface area contributed by atoms with Crippen molar-refractivity contribution >= 4 is 5.69 Å². The molecule has 0 fully saturated rings. The molecule has 1 unspecified atom stereocenters. The van der Waals surface area contributed by atoms with E-state index in [1.807, 2.05) is 19.1 Å². The number of nitrogens with two attached hydrogens (primary N) is 1. The molecule has 0 heterocycles. The van der Waals surface area contributed by atoms with Crippen molar-refractivity contribution in [3.63, 3.8) is 0 Å². The quantitative estimate of drug-likeness (QED) is 0.594. The minimum atomic E-state index is -0.719. The third-order valence-electron chi connectivity index (χ3n) is 2.10. The molecule has 0 aromatic heterocycles. The van der Waals surface area contributed by atoms with Crippen LogP contribution in [0.3, 0.4) is 0 Å². The second-order valence-electron chi connectivity index (χ2n) is 3.18. The third-order valence-corrected chi connectivity index (χ3v) is 2.10. The highest BCUT2D eigenvalue weighted by Crippen LogP contribution is 2.17. The van der Waals surface area contributed by atoms with E-state index in [4.69, 9.17) is 10.8 Å². The first-order valence-electron chi connectivity index (χ1n) is 4.28. The van der Waals surface area contributed by atoms with Crippen molar-refractivity contribution in [2.45, 2.75) is 19.4 Å². The van der Waals surface area contributed by atoms with Gasteiger partial charge in [-0.2, -0.15) is 0 Å². The zero-order chi connectivity index (χ0) is 9.84. The van der Waals surface area contributed by atoms with Gasteiger partial charge in [0.05, 0.1) is 12.7 Å². The molecule has 3 nitrogen and oxygen atoms in total. The molecule has 0 saturated heterocycles. The van der Waals surface area contributed by atoms with Crippen LogP contribution in [0.4, 0.5) is 5.69 Å². The topological polar surface area (TPSA) is 66.5 Å². The molecule has 0 saturated carbocycles. The Bertz CT molecular complexity index is 266. The number of aliphatic hydroxyl groups excluding tert-OH is 2. The predicted octanol–water partition coefficient (Wildman–Crippen LogP) is 0.473. The van der Waals surface area contributed by atoms with Crippen molar-refractivity contribution in [2.24, 2.45) is 0 Å². The largest absolute Gasteiger partial charge is 0.398 e. The molecule has 4 N–H and O–H groups in total. The molecule has 13 heavy (non-hydrogen) atoms. The number of hydrogen-bond donors (Lipinski definition) is 3. The highest BCUT2D eigenvalue weighted by Gasteiger charge is 2.08. The summed E-state index contributed by atoms with van der Waals surface area (Å²) in [5.41, 5.74) is 8.37. The van der Waals surface area contributed by atoms with E-state index in [-0.39, 0.29) is 6.61 Å². The highest BCUT2D eigenvalue weighted by atomic mass is 16.3. The summed E-state index contributed by atoms with van der Waals surface area (Å²) in [5, 5.41) is 17.9. The zero-order valence-electron chi connectivity index (χ0n) is 7.70. The number of rotatable bonds is 3. The Labute approximate surface area is 77.8 Å². The molecule has 1 aromatic rings. The molecule has 0 bridgehead atoms. The summed E-state index contributed by atoms with van der Waals surface area (Å²) in [6.07, 6.45) is -0.307. The van der Waals surface area contributed by atoms with Gasteiger partial charge in [-0.25, -0.2) is 0 Å². The predicted molar refractivity (Wildman–Crippen MR) is 52.4 cm³/mol. The van der Waals surface area contributed by atoms with Gasteiger partial charge in [-0.05, 0) is 24.1 Å². The van der Waals surface area contributed by atoms with E-state index in [1.165, 1.54) is 0 Å². The van der Waals surface area contributed by atoms with E-state index >= 15 is 0 Å². The van der Waals surface area contributed by atoms with Crippen molar-refractivity contribution in [1.82, 2.24) is 0 Å². The van der Waals surface area contributed by atoms with Gasteiger partial charge in [0.1, 0.15) is 0 Å². The molecule has 0 spiro atoms. The van der Waals surface area contributed by atoms with E-state index in [9.17, 15) is 5.11 Å². The minimum absolute atomic E-state index is 0.228. The van der Waals surface area contributed by atoms with Crippen molar-refractivity contribution in [3.05, 3.63) is 29.3 Å². The average molecular weight is 181 g/mol. The first kappa shape index (κ1) is 10.0. The third kappa shape index (κ3) is 2.44. The summed E-state index contributed by atoms with van der Waals surface area (Å²) < 4.78 is 0. The summed E-state index contributed by atoms with van der Waals surface area (Å²) in [6, 6.07) is 5.61. The van der Waals surface area contributed by atoms with Crippen molar-refractivity contribution in [1.29, 1.82) is 0 Å². The van der Waals surface area contributed by atoms with E-state index in [2.05, 4.69) is 0 Å². The van der Waals surface area contributed by atoms with Crippen molar-refractivity contribution in [3.8, 4) is 0 Å². The van der Waals surface area contributed by atoms with Crippen LogP contribution in [0.2, 0.25) is 0 Å². The minimum Gasteiger partial charge on any atom is -0.398 e. The zero-order valence-corrected chi connectivity index (χ0v) is 7.70. The smallest absolute Gasteiger partial charge is 0.0812 e. The summed E-state index contributed by atoms with van der Waals surface area (Å²) in [6.45, 7) is 1.71. The Morgan fingerprint density at radius 2 is 2.15 bits per heavy atom. The summed E-state index contributed by atoms with van der Waals surface area (Å²) in [4.78, 5) is 0. The van der Waals surface area contributed by atoms with Gasteiger partial charge in [0, 0.05) is 12.1 Å². The Hall–Kier alpha value is -1.06. The van der Waals surface area contributed by atoms with Gasteiger partial charge in [0.2, 0.25) is 0 Å². The molecule has 0 radical (unpaired) electrons. The molecule has 1 rings (SSSR count). The maximum atomic E-state index is 9.25. The fourth-order valence-corrected chi connectivity index (χ4v) is 1.30. The van der Waals surface area contributed by atoms with E-state index in [0.29, 0.717) is 12.1 Å². The summed E-state index contributed by atoms with van der Waals surface area (Å²) in [7, 11) is 0. The number of hydrogen-bond acceptors (Lipinski definition) is 3. The van der Waals surface area contributed by atoms with Gasteiger partial charge in [0.15, 0.2) is 0 Å². The van der Waals surface area contributed by atoms with E-state index in [1.54, 1.807) is 6.07 Å². The molecule has 0 aliphatic rings. The van der Waals surface area contributed by atoms with Crippen LogP contribution in [0.25, 0.3) is 0 Å². The lowest BCUT2D eigenvalue weighted by Crippen LogP contribution is -2.16. The summed E-state index contributed by atoms with van der Waals surface area (Å²) in [5.74, 6) is 0. The molecule has 0 aliphatic heterocycles. The number of benzene rings is 1. The molecule has 0 amide bonds. The molecule has 72 valence electrons. The van der Waals surface area contributed by atoms with Gasteiger partial charge in [-0.15, -0.1) is 0 Å². The molecule has 1 aromatic carbocycles. The Balaban J connectivity index is 2.87. The standard InChI is InChI=1S/C10H15NO2/c1-7-3-2-4-10(11)9(7)5-8(13)6-12/h2-4,8,12-13H,5-6,11H2,1H3. The molecule has 3 heteroatoms. The number of nitrogen functional groups attached to an aromatic ring is 1. The van der Waals surface area contributed by atoms with Crippen LogP contribution in [-0.4, -0.2) is 22.9 Å². The Kier molecular flexibility index (Phi) is 3.28. The van der Waals surface area contributed by atoms with Crippen LogP contribution in [0.1, 0.15) is 11.1 Å². The van der Waals surface area contributed by atoms with Gasteiger partial charge < -0.3 is 15.9 Å². The van der Waals surface area contributed by atoms with Crippen LogP contribution in [0, 0.1) is 6.92 Å². The maximum absolute atomic E-state index is 9.25. The fraction of sp³-hybridized carbons (Fsp3) is 0.400. The van der Waals surface area contributed by atoms with Crippen LogP contribution in [-0.2, 0) is 6.42 Å². The van der Waals surface area contributed by atoms with Crippen LogP contribution in [0.5, 0.6) is 0 Å². The molecular formula is C10H15NO2. The van der Waals surface area contributed by atoms with Crippen molar-refractivity contribution in [2.75, 3.05) is 12.3 Å². The van der Waals surface area contributed by atoms with Crippen molar-refractivity contribution < 1.29 is 10.2 Å². The van der Waals surface area contributed by atoms with Crippen LogP contribution in [0.15, 0.2) is 18.2 Å². The number of anilines is 1. The summed E-state index contributed by atoms with van der Waals surface area (Å²) >= 11 is 0. The fourth-order valence-electron chi connectivity index (χ4n) is 1.30. The lowest BCUT2D eigenvalue weighted by Gasteiger charge is -2.12. The van der Waals surface area contributed by atoms with E-state index in [0.717, 1.165) is 11.1 Å². The lowest BCUT2D eigenvalue weighted by molar-refractivity contribution is 0.0955.